The van der Waals surface area contributed by atoms with E-state index in [0.29, 0.717) is 17.2 Å². The number of carboxylic acids is 1. The molecule has 1 aliphatic carbocycles. The molecule has 6 nitrogen and oxygen atoms in total. The minimum absolute atomic E-state index is 0.00635. The zero-order chi connectivity index (χ0) is 16.6. The molecule has 0 saturated heterocycles. The summed E-state index contributed by atoms with van der Waals surface area (Å²) in [6.45, 7) is 2.51. The summed E-state index contributed by atoms with van der Waals surface area (Å²) >= 11 is 0. The fraction of sp³-hybridized carbons (Fsp3) is 0.353. The standard InChI is InChI=1S/C17H19N3O3/c1-11-15(17(22)23)9-18-20(11)14-7-5-13(6-8-14)16(21)19(2)10-12-3-4-12/h5-9,12H,3-4,10H2,1-2H3,(H,22,23). The molecule has 6 heteroatoms. The molecular weight excluding hydrogens is 294 g/mol. The van der Waals surface area contributed by atoms with E-state index in [-0.39, 0.29) is 11.5 Å². The number of benzene rings is 1. The maximum absolute atomic E-state index is 12.3. The number of rotatable bonds is 5. The van der Waals surface area contributed by atoms with Crippen LogP contribution in [-0.2, 0) is 0 Å². The molecule has 1 aromatic heterocycles. The molecule has 23 heavy (non-hydrogen) atoms. The van der Waals surface area contributed by atoms with Crippen molar-refractivity contribution < 1.29 is 14.7 Å². The Labute approximate surface area is 134 Å². The molecule has 3 rings (SSSR count). The van der Waals surface area contributed by atoms with Crippen molar-refractivity contribution in [2.75, 3.05) is 13.6 Å². The van der Waals surface area contributed by atoms with E-state index >= 15 is 0 Å². The molecule has 1 saturated carbocycles. The van der Waals surface area contributed by atoms with Crippen LogP contribution in [0.2, 0.25) is 0 Å². The highest BCUT2D eigenvalue weighted by Crippen LogP contribution is 2.29. The van der Waals surface area contributed by atoms with E-state index in [1.807, 2.05) is 7.05 Å². The van der Waals surface area contributed by atoms with E-state index in [9.17, 15) is 9.59 Å². The second-order valence-electron chi connectivity index (χ2n) is 6.04. The first kappa shape index (κ1) is 15.3. The third-order valence-electron chi connectivity index (χ3n) is 4.17. The molecular formula is C17H19N3O3. The van der Waals surface area contributed by atoms with Gasteiger partial charge in [-0.3, -0.25) is 4.79 Å². The van der Waals surface area contributed by atoms with Crippen LogP contribution < -0.4 is 0 Å². The van der Waals surface area contributed by atoms with Crippen LogP contribution in [0.15, 0.2) is 30.5 Å². The minimum Gasteiger partial charge on any atom is -0.478 e. The van der Waals surface area contributed by atoms with Crippen LogP contribution in [0.3, 0.4) is 0 Å². The third kappa shape index (κ3) is 3.11. The summed E-state index contributed by atoms with van der Waals surface area (Å²) < 4.78 is 1.56. The number of carbonyl (C=O) groups excluding carboxylic acids is 1. The Morgan fingerprint density at radius 2 is 1.96 bits per heavy atom. The summed E-state index contributed by atoms with van der Waals surface area (Å²) in [7, 11) is 1.82. The fourth-order valence-corrected chi connectivity index (χ4v) is 2.62. The van der Waals surface area contributed by atoms with Crippen molar-refractivity contribution in [2.24, 2.45) is 5.92 Å². The highest BCUT2D eigenvalue weighted by molar-refractivity contribution is 5.94. The molecule has 0 aliphatic heterocycles. The van der Waals surface area contributed by atoms with E-state index < -0.39 is 5.97 Å². The number of hydrogen-bond donors (Lipinski definition) is 1. The Morgan fingerprint density at radius 1 is 1.30 bits per heavy atom. The number of aromatic nitrogens is 2. The maximum Gasteiger partial charge on any atom is 0.339 e. The number of amides is 1. The lowest BCUT2D eigenvalue weighted by Crippen LogP contribution is -2.28. The summed E-state index contributed by atoms with van der Waals surface area (Å²) in [5.74, 6) is -0.335. The van der Waals surface area contributed by atoms with Crippen molar-refractivity contribution in [3.63, 3.8) is 0 Å². The minimum atomic E-state index is -0.998. The molecule has 1 amide bonds. The third-order valence-corrected chi connectivity index (χ3v) is 4.17. The summed E-state index contributed by atoms with van der Waals surface area (Å²) in [5.41, 5.74) is 2.09. The van der Waals surface area contributed by atoms with Crippen molar-refractivity contribution in [3.8, 4) is 5.69 Å². The van der Waals surface area contributed by atoms with Gasteiger partial charge in [0, 0.05) is 19.2 Å². The molecule has 120 valence electrons. The SMILES string of the molecule is Cc1c(C(=O)O)cnn1-c1ccc(C(=O)N(C)CC2CC2)cc1. The average Bonchev–Trinajstić information content (AvgIpc) is 3.26. The molecule has 0 spiro atoms. The van der Waals surface area contributed by atoms with Gasteiger partial charge in [0.05, 0.1) is 17.6 Å². The predicted octanol–water partition coefficient (Wildman–Crippen LogP) is 2.36. The molecule has 0 radical (unpaired) electrons. The number of carboxylic acid groups (broad SMARTS) is 1. The first-order chi connectivity index (χ1) is 11.0. The van der Waals surface area contributed by atoms with Crippen LogP contribution >= 0.6 is 0 Å². The van der Waals surface area contributed by atoms with Gasteiger partial charge < -0.3 is 10.0 Å². The van der Waals surface area contributed by atoms with Crippen molar-refractivity contribution in [1.82, 2.24) is 14.7 Å². The fourth-order valence-electron chi connectivity index (χ4n) is 2.62. The Hall–Kier alpha value is -2.63. The van der Waals surface area contributed by atoms with Gasteiger partial charge in [0.2, 0.25) is 0 Å². The molecule has 2 aromatic rings. The second kappa shape index (κ2) is 5.87. The van der Waals surface area contributed by atoms with Gasteiger partial charge in [0.15, 0.2) is 0 Å². The smallest absolute Gasteiger partial charge is 0.339 e. The Balaban J connectivity index is 1.79. The molecule has 1 N–H and O–H groups in total. The Morgan fingerprint density at radius 3 is 2.48 bits per heavy atom. The van der Waals surface area contributed by atoms with Gasteiger partial charge in [-0.05, 0) is 49.9 Å². The lowest BCUT2D eigenvalue weighted by molar-refractivity contribution is 0.0695. The van der Waals surface area contributed by atoms with Gasteiger partial charge in [-0.2, -0.15) is 5.10 Å². The first-order valence-electron chi connectivity index (χ1n) is 7.61. The van der Waals surface area contributed by atoms with E-state index in [2.05, 4.69) is 5.10 Å². The molecule has 1 aromatic carbocycles. The molecule has 1 aliphatic rings. The number of nitrogens with zero attached hydrogens (tertiary/aromatic N) is 3. The lowest BCUT2D eigenvalue weighted by Gasteiger charge is -2.17. The van der Waals surface area contributed by atoms with Crippen LogP contribution in [-0.4, -0.2) is 45.3 Å². The van der Waals surface area contributed by atoms with Gasteiger partial charge in [0.1, 0.15) is 5.56 Å². The van der Waals surface area contributed by atoms with Crippen LogP contribution in [0.25, 0.3) is 5.69 Å². The van der Waals surface area contributed by atoms with Gasteiger partial charge in [-0.15, -0.1) is 0 Å². The van der Waals surface area contributed by atoms with E-state index in [4.69, 9.17) is 5.11 Å². The summed E-state index contributed by atoms with van der Waals surface area (Å²) in [6.07, 6.45) is 3.75. The van der Waals surface area contributed by atoms with Crippen molar-refractivity contribution in [3.05, 3.63) is 47.3 Å². The number of aromatic carboxylic acids is 1. The number of hydrogen-bond acceptors (Lipinski definition) is 3. The molecule has 0 unspecified atom stereocenters. The molecule has 0 bridgehead atoms. The zero-order valence-electron chi connectivity index (χ0n) is 13.2. The van der Waals surface area contributed by atoms with Crippen molar-refractivity contribution in [1.29, 1.82) is 0 Å². The van der Waals surface area contributed by atoms with Gasteiger partial charge in [0.25, 0.3) is 5.91 Å². The van der Waals surface area contributed by atoms with Gasteiger partial charge in [-0.1, -0.05) is 0 Å². The molecule has 1 fully saturated rings. The van der Waals surface area contributed by atoms with Crippen molar-refractivity contribution >= 4 is 11.9 Å². The highest BCUT2D eigenvalue weighted by Gasteiger charge is 2.25. The molecule has 0 atom stereocenters. The monoisotopic (exact) mass is 313 g/mol. The Kier molecular flexibility index (Phi) is 3.90. The van der Waals surface area contributed by atoms with Crippen LogP contribution in [0.5, 0.6) is 0 Å². The summed E-state index contributed by atoms with van der Waals surface area (Å²) in [5, 5.41) is 13.2. The average molecular weight is 313 g/mol. The summed E-state index contributed by atoms with van der Waals surface area (Å²) in [6, 6.07) is 7.07. The van der Waals surface area contributed by atoms with Gasteiger partial charge >= 0.3 is 5.97 Å². The summed E-state index contributed by atoms with van der Waals surface area (Å²) in [4.78, 5) is 25.2. The normalized spacial score (nSPS) is 13.8. The van der Waals surface area contributed by atoms with E-state index in [1.165, 1.54) is 19.0 Å². The van der Waals surface area contributed by atoms with Crippen LogP contribution in [0.1, 0.15) is 39.3 Å². The molecule has 1 heterocycles. The highest BCUT2D eigenvalue weighted by atomic mass is 16.4. The van der Waals surface area contributed by atoms with E-state index in [1.54, 1.807) is 40.8 Å². The van der Waals surface area contributed by atoms with E-state index in [0.717, 1.165) is 12.2 Å². The maximum atomic E-state index is 12.3. The number of carbonyl (C=O) groups is 2. The Bertz CT molecular complexity index is 745. The first-order valence-corrected chi connectivity index (χ1v) is 7.61. The quantitative estimate of drug-likeness (QED) is 0.919. The largest absolute Gasteiger partial charge is 0.478 e. The van der Waals surface area contributed by atoms with Crippen molar-refractivity contribution in [2.45, 2.75) is 19.8 Å². The second-order valence-corrected chi connectivity index (χ2v) is 6.04. The van der Waals surface area contributed by atoms with Crippen LogP contribution in [0, 0.1) is 12.8 Å². The lowest BCUT2D eigenvalue weighted by atomic mass is 10.1. The van der Waals surface area contributed by atoms with Gasteiger partial charge in [-0.25, -0.2) is 9.48 Å². The van der Waals surface area contributed by atoms with Crippen LogP contribution in [0.4, 0.5) is 0 Å². The zero-order valence-corrected chi connectivity index (χ0v) is 13.2. The predicted molar refractivity (Wildman–Crippen MR) is 84.9 cm³/mol. The topological polar surface area (TPSA) is 75.4 Å².